The Balaban J connectivity index is 1.30. The van der Waals surface area contributed by atoms with E-state index in [0.29, 0.717) is 48.0 Å². The molecule has 1 aromatic carbocycles. The lowest BCUT2D eigenvalue weighted by molar-refractivity contribution is -0.608. The summed E-state index contributed by atoms with van der Waals surface area (Å²) in [6, 6.07) is 7.27. The minimum Gasteiger partial charge on any atom is -0.618 e. The molecule has 6 rings (SSSR count). The number of rotatable bonds is 7. The second-order valence-electron chi connectivity index (χ2n) is 11.9. The zero-order chi connectivity index (χ0) is 35.1. The summed E-state index contributed by atoms with van der Waals surface area (Å²) in [5.41, 5.74) is 3.87. The number of alkyl halides is 3. The van der Waals surface area contributed by atoms with Crippen molar-refractivity contribution < 1.29 is 37.0 Å². The van der Waals surface area contributed by atoms with E-state index in [1.165, 1.54) is 23.3 Å². The largest absolute Gasteiger partial charge is 0.618 e. The van der Waals surface area contributed by atoms with Gasteiger partial charge in [0.05, 0.1) is 29.5 Å². The summed E-state index contributed by atoms with van der Waals surface area (Å²) in [6.45, 7) is 5.05. The van der Waals surface area contributed by atoms with Gasteiger partial charge in [0.2, 0.25) is 11.7 Å². The number of allylic oxidation sites excluding steroid dienone is 1. The summed E-state index contributed by atoms with van der Waals surface area (Å²) in [5.74, 6) is -2.34. The van der Waals surface area contributed by atoms with Crippen LogP contribution >= 0.6 is 11.6 Å². The number of anilines is 1. The normalized spacial score (nSPS) is 21.3. The van der Waals surface area contributed by atoms with Crippen LogP contribution in [-0.4, -0.2) is 95.0 Å². The van der Waals surface area contributed by atoms with E-state index in [4.69, 9.17) is 21.3 Å². The van der Waals surface area contributed by atoms with E-state index in [0.717, 1.165) is 23.8 Å². The standard InChI is InChI=1S/C32H34ClF3N8O5/c1-3-24-27(40-12-14-41(15-13-40)29(46)25-6-4-5-11-43(25)48)30(47)44-31(2,38-28(39-44)20-9-16-49-17-10-20)42(24)19-26(45)37-23-8-7-21(18-22(23)33)32(34,35)36/h4-9,11,18H,3,10,12-17,19H2,1-2H3,(H,37,45)(H,38,39). The number of nitrogens with zero attached hydrogens (tertiary/aromatic N) is 6. The molecule has 2 N–H and O–H groups in total. The van der Waals surface area contributed by atoms with E-state index >= 15 is 0 Å². The number of hydrogen-bond donors (Lipinski definition) is 2. The topological polar surface area (TPSA) is 137 Å². The van der Waals surface area contributed by atoms with Crippen LogP contribution in [0.15, 0.2) is 70.6 Å². The third kappa shape index (κ3) is 6.49. The summed E-state index contributed by atoms with van der Waals surface area (Å²) in [4.78, 5) is 51.1. The Morgan fingerprint density at radius 1 is 1.18 bits per heavy atom. The molecule has 5 heterocycles. The number of aliphatic imine (C=N–C) groups is 1. The van der Waals surface area contributed by atoms with Crippen LogP contribution in [0.1, 0.15) is 42.7 Å². The van der Waals surface area contributed by atoms with Crippen molar-refractivity contribution >= 4 is 40.8 Å². The van der Waals surface area contributed by atoms with Gasteiger partial charge in [-0.05, 0) is 42.7 Å². The van der Waals surface area contributed by atoms with Crippen LogP contribution < -0.4 is 15.5 Å². The second kappa shape index (κ2) is 13.2. The summed E-state index contributed by atoms with van der Waals surface area (Å²) >= 11 is 6.13. The average molecular weight is 703 g/mol. The predicted molar refractivity (Wildman–Crippen MR) is 171 cm³/mol. The molecule has 1 fully saturated rings. The van der Waals surface area contributed by atoms with Gasteiger partial charge in [0.25, 0.3) is 11.6 Å². The van der Waals surface area contributed by atoms with E-state index in [9.17, 15) is 32.8 Å². The number of halogens is 4. The molecule has 1 atom stereocenters. The molecule has 4 aliphatic rings. The average Bonchev–Trinajstić information content (AvgIpc) is 3.45. The summed E-state index contributed by atoms with van der Waals surface area (Å²) < 4.78 is 45.6. The van der Waals surface area contributed by atoms with Gasteiger partial charge in [-0.25, -0.2) is 10.0 Å². The Bertz CT molecular complexity index is 1770. The molecule has 260 valence electrons. The Hall–Kier alpha value is -4.83. The number of fused-ring (bicyclic) bond motifs is 1. The Morgan fingerprint density at radius 2 is 1.94 bits per heavy atom. The number of nitrogens with one attached hydrogen (secondary N) is 2. The van der Waals surface area contributed by atoms with Crippen molar-refractivity contribution in [2.24, 2.45) is 4.99 Å². The van der Waals surface area contributed by atoms with Gasteiger partial charge >= 0.3 is 12.1 Å². The third-order valence-electron chi connectivity index (χ3n) is 8.88. The molecule has 13 nitrogen and oxygen atoms in total. The van der Waals surface area contributed by atoms with Gasteiger partial charge in [0.15, 0.2) is 6.20 Å². The zero-order valence-electron chi connectivity index (χ0n) is 26.7. The molecule has 1 unspecified atom stereocenters. The monoisotopic (exact) mass is 702 g/mol. The molecule has 17 heteroatoms. The fourth-order valence-electron chi connectivity index (χ4n) is 6.36. The van der Waals surface area contributed by atoms with E-state index in [-0.39, 0.29) is 55.0 Å². The summed E-state index contributed by atoms with van der Waals surface area (Å²) in [5, 5.41) is 15.9. The molecular weight excluding hydrogens is 669 g/mol. The number of carbonyl (C=O) groups excluding carboxylic acids is 3. The lowest BCUT2D eigenvalue weighted by atomic mass is 10.1. The fraction of sp³-hybridized carbons (Fsp3) is 0.406. The van der Waals surface area contributed by atoms with Gasteiger partial charge in [-0.15, -0.1) is 0 Å². The predicted octanol–water partition coefficient (Wildman–Crippen LogP) is 3.09. The van der Waals surface area contributed by atoms with Crippen LogP contribution in [0.5, 0.6) is 0 Å². The van der Waals surface area contributed by atoms with Crippen molar-refractivity contribution in [2.45, 2.75) is 38.7 Å². The van der Waals surface area contributed by atoms with E-state index in [2.05, 4.69) is 10.7 Å². The van der Waals surface area contributed by atoms with Crippen LogP contribution in [0, 0.1) is 5.21 Å². The molecular formula is C32H34ClF3N8O5. The maximum absolute atomic E-state index is 14.4. The number of aromatic nitrogens is 1. The van der Waals surface area contributed by atoms with Crippen LogP contribution in [0.4, 0.5) is 18.9 Å². The fourth-order valence-corrected chi connectivity index (χ4v) is 6.59. The SMILES string of the molecule is CCC1=C(N2CCN(C(=O)c3cccc[n+]3[O-])CC2)C(=O)N2NC(C3=CCOCC3)=NC2(C)N1CC(=O)Nc1ccc(C(F)(F)F)cc1Cl. The van der Waals surface area contributed by atoms with Gasteiger partial charge in [0.1, 0.15) is 18.1 Å². The van der Waals surface area contributed by atoms with E-state index < -0.39 is 29.3 Å². The van der Waals surface area contributed by atoms with Crippen LogP contribution in [-0.2, 0) is 20.5 Å². The Kier molecular flexibility index (Phi) is 9.19. The van der Waals surface area contributed by atoms with E-state index in [1.54, 1.807) is 22.8 Å². The molecule has 0 bridgehead atoms. The Labute approximate surface area is 284 Å². The second-order valence-corrected chi connectivity index (χ2v) is 12.3. The molecule has 0 aliphatic carbocycles. The van der Waals surface area contributed by atoms with Crippen molar-refractivity contribution in [1.82, 2.24) is 25.1 Å². The molecule has 1 aromatic heterocycles. The number of amides is 3. The van der Waals surface area contributed by atoms with Crippen molar-refractivity contribution in [3.63, 3.8) is 0 Å². The lowest BCUT2D eigenvalue weighted by Crippen LogP contribution is -2.66. The highest BCUT2D eigenvalue weighted by Gasteiger charge is 2.54. The first-order valence-electron chi connectivity index (χ1n) is 15.7. The molecule has 0 spiro atoms. The maximum Gasteiger partial charge on any atom is 0.416 e. The number of pyridine rings is 1. The van der Waals surface area contributed by atoms with Crippen molar-refractivity contribution in [1.29, 1.82) is 0 Å². The maximum atomic E-state index is 14.4. The minimum absolute atomic E-state index is 0.00304. The number of benzene rings is 1. The Morgan fingerprint density at radius 3 is 2.57 bits per heavy atom. The molecule has 3 amide bonds. The number of hydrazine groups is 1. The van der Waals surface area contributed by atoms with E-state index in [1.807, 2.05) is 17.9 Å². The molecule has 2 aromatic rings. The number of carbonyl (C=O) groups is 3. The zero-order valence-corrected chi connectivity index (χ0v) is 27.5. The third-order valence-corrected chi connectivity index (χ3v) is 9.19. The molecule has 0 radical (unpaired) electrons. The number of piperazine rings is 1. The lowest BCUT2D eigenvalue weighted by Gasteiger charge is -2.50. The van der Waals surface area contributed by atoms with Gasteiger partial charge in [-0.2, -0.15) is 17.9 Å². The first kappa shape index (κ1) is 34.0. The molecule has 4 aliphatic heterocycles. The van der Waals surface area contributed by atoms with Crippen LogP contribution in [0.3, 0.4) is 0 Å². The number of ether oxygens (including phenoxy) is 1. The van der Waals surface area contributed by atoms with Crippen molar-refractivity contribution in [3.8, 4) is 0 Å². The minimum atomic E-state index is -4.61. The quantitative estimate of drug-likeness (QED) is 0.332. The van der Waals surface area contributed by atoms with Crippen LogP contribution in [0.25, 0.3) is 0 Å². The van der Waals surface area contributed by atoms with Crippen molar-refractivity contribution in [2.75, 3.05) is 51.3 Å². The first-order chi connectivity index (χ1) is 23.3. The van der Waals surface area contributed by atoms with Gasteiger partial charge in [-0.3, -0.25) is 19.8 Å². The molecule has 1 saturated heterocycles. The van der Waals surface area contributed by atoms with Gasteiger partial charge < -0.3 is 30.0 Å². The first-order valence-corrected chi connectivity index (χ1v) is 16.1. The highest BCUT2D eigenvalue weighted by atomic mass is 35.5. The van der Waals surface area contributed by atoms with Gasteiger partial charge in [-0.1, -0.05) is 24.6 Å². The number of hydrogen-bond acceptors (Lipinski definition) is 9. The summed E-state index contributed by atoms with van der Waals surface area (Å²) in [7, 11) is 0. The van der Waals surface area contributed by atoms with Crippen LogP contribution in [0.2, 0.25) is 5.02 Å². The summed E-state index contributed by atoms with van der Waals surface area (Å²) in [6.07, 6.45) is -0.607. The smallest absolute Gasteiger partial charge is 0.416 e. The van der Waals surface area contributed by atoms with Gasteiger partial charge in [0, 0.05) is 50.9 Å². The van der Waals surface area contributed by atoms with Crippen molar-refractivity contribution in [3.05, 3.63) is 87.1 Å². The highest BCUT2D eigenvalue weighted by Crippen LogP contribution is 2.40. The molecule has 0 saturated carbocycles. The number of amidine groups is 1. The highest BCUT2D eigenvalue weighted by molar-refractivity contribution is 6.33. The molecule has 49 heavy (non-hydrogen) atoms.